The van der Waals surface area contributed by atoms with E-state index in [9.17, 15) is 14.7 Å². The van der Waals surface area contributed by atoms with Gasteiger partial charge in [-0.2, -0.15) is 0 Å². The largest absolute Gasteiger partial charge is 0.462 e. The molecule has 0 saturated carbocycles. The Morgan fingerprint density at radius 2 is 0.833 bits per heavy atom. The molecule has 0 radical (unpaired) electrons. The molecule has 0 rings (SSSR count). The second-order valence-electron chi connectivity index (χ2n) is 13.7. The number of rotatable bonds is 37. The second kappa shape index (κ2) is 39.6. The maximum atomic E-state index is 12.2. The predicted octanol–water partition coefficient (Wildman–Crippen LogP) is 12.8. The molecule has 0 fully saturated rings. The van der Waals surface area contributed by atoms with Gasteiger partial charge in [-0.25, -0.2) is 0 Å². The van der Waals surface area contributed by atoms with Gasteiger partial charge in [-0.05, 0) is 70.6 Å². The lowest BCUT2D eigenvalue weighted by atomic mass is 10.1. The van der Waals surface area contributed by atoms with Gasteiger partial charge in [-0.15, -0.1) is 0 Å². The zero-order chi connectivity index (χ0) is 35.0. The van der Waals surface area contributed by atoms with Crippen molar-refractivity contribution in [3.05, 3.63) is 36.5 Å². The minimum Gasteiger partial charge on any atom is -0.462 e. The van der Waals surface area contributed by atoms with Crippen molar-refractivity contribution in [3.8, 4) is 0 Å². The van der Waals surface area contributed by atoms with Gasteiger partial charge in [-0.1, -0.05) is 159 Å². The zero-order valence-electron chi connectivity index (χ0n) is 31.7. The molecule has 5 nitrogen and oxygen atoms in total. The Bertz CT molecular complexity index is 771. The molecule has 280 valence electrons. The third kappa shape index (κ3) is 36.9. The molecule has 5 heteroatoms. The molecule has 0 aromatic carbocycles. The average molecular weight is 675 g/mol. The topological polar surface area (TPSA) is 72.8 Å². The fraction of sp³-hybridized carbons (Fsp3) is 0.814. The van der Waals surface area contributed by atoms with Crippen molar-refractivity contribution in [3.63, 3.8) is 0 Å². The molecule has 48 heavy (non-hydrogen) atoms. The fourth-order valence-corrected chi connectivity index (χ4v) is 5.75. The van der Waals surface area contributed by atoms with Crippen LogP contribution in [-0.2, 0) is 19.1 Å². The first-order valence-electron chi connectivity index (χ1n) is 20.5. The van der Waals surface area contributed by atoms with E-state index in [1.807, 2.05) is 0 Å². The van der Waals surface area contributed by atoms with Crippen molar-refractivity contribution >= 4 is 11.9 Å². The summed E-state index contributed by atoms with van der Waals surface area (Å²) in [5.41, 5.74) is 0. The molecular weight excluding hydrogens is 596 g/mol. The number of carbonyl (C=O) groups excluding carboxylic acids is 2. The van der Waals surface area contributed by atoms with Crippen molar-refractivity contribution in [2.75, 3.05) is 13.2 Å². The number of hydrogen-bond acceptors (Lipinski definition) is 5. The number of aliphatic hydroxyl groups excluding tert-OH is 1. The Kier molecular flexibility index (Phi) is 38.0. The first kappa shape index (κ1) is 46.1. The predicted molar refractivity (Wildman–Crippen MR) is 205 cm³/mol. The normalized spacial score (nSPS) is 12.5. The first-order valence-corrected chi connectivity index (χ1v) is 20.5. The highest BCUT2D eigenvalue weighted by Crippen LogP contribution is 2.14. The van der Waals surface area contributed by atoms with Crippen LogP contribution in [0.25, 0.3) is 0 Å². The van der Waals surface area contributed by atoms with Crippen LogP contribution in [0.5, 0.6) is 0 Å². The van der Waals surface area contributed by atoms with Gasteiger partial charge in [0.25, 0.3) is 0 Å². The Morgan fingerprint density at radius 3 is 1.29 bits per heavy atom. The van der Waals surface area contributed by atoms with Gasteiger partial charge in [0, 0.05) is 12.8 Å². The van der Waals surface area contributed by atoms with Crippen LogP contribution in [0.3, 0.4) is 0 Å². The van der Waals surface area contributed by atoms with E-state index >= 15 is 0 Å². The molecule has 0 amide bonds. The number of unbranched alkanes of at least 4 members (excludes halogenated alkanes) is 23. The summed E-state index contributed by atoms with van der Waals surface area (Å²) >= 11 is 0. The fourth-order valence-electron chi connectivity index (χ4n) is 5.75. The van der Waals surface area contributed by atoms with Crippen molar-refractivity contribution < 1.29 is 24.2 Å². The zero-order valence-corrected chi connectivity index (χ0v) is 31.7. The van der Waals surface area contributed by atoms with Gasteiger partial charge in [0.1, 0.15) is 6.61 Å². The van der Waals surface area contributed by atoms with E-state index in [-0.39, 0.29) is 25.2 Å². The van der Waals surface area contributed by atoms with E-state index in [1.54, 1.807) is 0 Å². The third-order valence-electron chi connectivity index (χ3n) is 8.91. The first-order chi connectivity index (χ1) is 23.6. The van der Waals surface area contributed by atoms with Gasteiger partial charge in [0.05, 0.1) is 6.61 Å². The molecule has 1 atom stereocenters. The molecule has 0 saturated heterocycles. The minimum atomic E-state index is -0.773. The Balaban J connectivity index is 3.55. The van der Waals surface area contributed by atoms with Crippen LogP contribution in [0.4, 0.5) is 0 Å². The molecule has 0 aliphatic rings. The molecule has 0 heterocycles. The van der Waals surface area contributed by atoms with Gasteiger partial charge < -0.3 is 14.6 Å². The molecular formula is C43H78O5. The molecule has 0 aromatic heterocycles. The number of allylic oxidation sites excluding steroid dienone is 6. The van der Waals surface area contributed by atoms with E-state index in [0.717, 1.165) is 44.9 Å². The number of carbonyl (C=O) groups is 2. The molecule has 0 bridgehead atoms. The molecule has 0 aliphatic heterocycles. The van der Waals surface area contributed by atoms with Crippen molar-refractivity contribution in [1.82, 2.24) is 0 Å². The monoisotopic (exact) mass is 675 g/mol. The number of ether oxygens (including phenoxy) is 2. The maximum absolute atomic E-state index is 12.2. The van der Waals surface area contributed by atoms with Crippen LogP contribution in [0, 0.1) is 0 Å². The number of aliphatic hydroxyl groups is 1. The number of hydrogen-bond donors (Lipinski definition) is 1. The van der Waals surface area contributed by atoms with Crippen LogP contribution < -0.4 is 0 Å². The van der Waals surface area contributed by atoms with E-state index in [1.165, 1.54) is 135 Å². The van der Waals surface area contributed by atoms with E-state index in [2.05, 4.69) is 50.3 Å². The SMILES string of the molecule is CCCCC/C=C\C/C=C\CCCCCCCCCCCC(=O)O[C@@H](CO)COC(=O)CCCCCCCCC/C=C\CCCCCC. The van der Waals surface area contributed by atoms with E-state index in [0.29, 0.717) is 12.8 Å². The lowest BCUT2D eigenvalue weighted by Crippen LogP contribution is -2.28. The quantitative estimate of drug-likeness (QED) is 0.0403. The van der Waals surface area contributed by atoms with Crippen molar-refractivity contribution in [1.29, 1.82) is 0 Å². The van der Waals surface area contributed by atoms with Gasteiger partial charge in [0.2, 0.25) is 0 Å². The van der Waals surface area contributed by atoms with Crippen LogP contribution in [0.1, 0.15) is 206 Å². The molecule has 0 spiro atoms. The standard InChI is InChI=1S/C43H78O5/c1-3-5-7-9-11-13-15-17-19-20-21-22-24-26-28-30-32-34-36-38-43(46)48-41(39-44)40-47-42(45)37-35-33-31-29-27-25-23-18-16-14-12-10-8-6-4-2/h11,13-14,16-17,19,41,44H,3-10,12,15,18,20-40H2,1-2H3/b13-11-,16-14-,19-17-/t41-/m0/s1. The van der Waals surface area contributed by atoms with Crippen LogP contribution in [0.2, 0.25) is 0 Å². The Hall–Kier alpha value is -1.88. The summed E-state index contributed by atoms with van der Waals surface area (Å²) in [6.07, 6.45) is 47.7. The summed E-state index contributed by atoms with van der Waals surface area (Å²) in [4.78, 5) is 24.3. The molecule has 0 aliphatic carbocycles. The summed E-state index contributed by atoms with van der Waals surface area (Å²) in [5.74, 6) is -0.597. The van der Waals surface area contributed by atoms with Gasteiger partial charge in [-0.3, -0.25) is 9.59 Å². The summed E-state index contributed by atoms with van der Waals surface area (Å²) in [6, 6.07) is 0. The average Bonchev–Trinajstić information content (AvgIpc) is 3.09. The van der Waals surface area contributed by atoms with Gasteiger partial charge >= 0.3 is 11.9 Å². The van der Waals surface area contributed by atoms with Crippen LogP contribution in [-0.4, -0.2) is 36.4 Å². The summed E-state index contributed by atoms with van der Waals surface area (Å²) in [7, 11) is 0. The smallest absolute Gasteiger partial charge is 0.306 e. The third-order valence-corrected chi connectivity index (χ3v) is 8.91. The van der Waals surface area contributed by atoms with Crippen LogP contribution >= 0.6 is 0 Å². The minimum absolute atomic E-state index is 0.0684. The molecule has 0 unspecified atom stereocenters. The Morgan fingerprint density at radius 1 is 0.479 bits per heavy atom. The summed E-state index contributed by atoms with van der Waals surface area (Å²) < 4.78 is 10.6. The highest BCUT2D eigenvalue weighted by Gasteiger charge is 2.16. The lowest BCUT2D eigenvalue weighted by Gasteiger charge is -2.15. The van der Waals surface area contributed by atoms with Crippen molar-refractivity contribution in [2.24, 2.45) is 0 Å². The summed E-state index contributed by atoms with van der Waals surface area (Å²) in [6.45, 7) is 4.10. The van der Waals surface area contributed by atoms with E-state index < -0.39 is 6.10 Å². The number of esters is 2. The maximum Gasteiger partial charge on any atom is 0.306 e. The van der Waals surface area contributed by atoms with Crippen molar-refractivity contribution in [2.45, 2.75) is 213 Å². The Labute approximate surface area is 297 Å². The van der Waals surface area contributed by atoms with Crippen LogP contribution in [0.15, 0.2) is 36.5 Å². The van der Waals surface area contributed by atoms with Gasteiger partial charge in [0.15, 0.2) is 6.10 Å². The highest BCUT2D eigenvalue weighted by atomic mass is 16.6. The van der Waals surface area contributed by atoms with E-state index in [4.69, 9.17) is 9.47 Å². The second-order valence-corrected chi connectivity index (χ2v) is 13.7. The lowest BCUT2D eigenvalue weighted by molar-refractivity contribution is -0.161. The molecule has 1 N–H and O–H groups in total. The molecule has 0 aromatic rings. The highest BCUT2D eigenvalue weighted by molar-refractivity contribution is 5.70. The summed E-state index contributed by atoms with van der Waals surface area (Å²) in [5, 5.41) is 9.56.